The van der Waals surface area contributed by atoms with Gasteiger partial charge in [0.1, 0.15) is 41.2 Å². The topological polar surface area (TPSA) is 260 Å². The van der Waals surface area contributed by atoms with Crippen molar-refractivity contribution in [3.05, 3.63) is 201 Å². The molecule has 7 heterocycles. The number of aromatic nitrogens is 2. The number of carbonyl (C=O) groups is 4. The summed E-state index contributed by atoms with van der Waals surface area (Å²) >= 11 is 6.41. The second-order valence-electron chi connectivity index (χ2n) is 24.7. The van der Waals surface area contributed by atoms with Crippen molar-refractivity contribution < 1.29 is 51.5 Å². The standard InChI is InChI=1S/C72H71ClN10O12S/c73-53-15-13-50(14-16-53)57-9-5-12-66(94-46-48-37-52(38-48)63-11-2-1-3-27-81(63)32-36-92-33-6-8-49-7-4-10-58-60(49)45-82(72(58)87)64-21-22-68(84)77-71(64)86)61(57)44-79-28-30-80(31-29-79)54-17-19-59(67(40-54)95-55-39-51-23-26-74-69(51)76-43-55)70(85)78-96(90,91)56-18-20-62(65(41-56)83(88)89)75-42-47-24-34-93-35-25-47/h1-5,7,9-20,23,26-27,39-41,43,47-48,52,64,75H,21-22,24-25,28-38,42,44-46H2,(H,74,76)(H,78,85)(H,77,84,86). The van der Waals surface area contributed by atoms with Gasteiger partial charge in [0.15, 0.2) is 0 Å². The number of pyridine rings is 1. The minimum absolute atomic E-state index is 0.0776. The van der Waals surface area contributed by atoms with Crippen molar-refractivity contribution in [1.29, 1.82) is 0 Å². The highest BCUT2D eigenvalue weighted by Crippen LogP contribution is 2.43. The van der Waals surface area contributed by atoms with Crippen LogP contribution >= 0.6 is 11.6 Å². The lowest BCUT2D eigenvalue weighted by molar-refractivity contribution is -0.384. The average Bonchev–Trinajstić information content (AvgIpc) is 1.56. The molecular formula is C72H71ClN10O12S. The summed E-state index contributed by atoms with van der Waals surface area (Å²) in [5.41, 5.74) is 7.35. The molecule has 494 valence electrons. The number of allylic oxidation sites excluding steroid dienone is 5. The first-order valence-corrected chi connectivity index (χ1v) is 34.1. The number of imide groups is 1. The third-order valence-electron chi connectivity index (χ3n) is 18.5. The summed E-state index contributed by atoms with van der Waals surface area (Å²) in [4.78, 5) is 78.9. The fourth-order valence-electron chi connectivity index (χ4n) is 13.2. The summed E-state index contributed by atoms with van der Waals surface area (Å²) in [6, 6.07) is 30.8. The summed E-state index contributed by atoms with van der Waals surface area (Å²) in [5, 5.41) is 19.1. The number of aromatic amines is 1. The maximum absolute atomic E-state index is 14.2. The Morgan fingerprint density at radius 2 is 1.69 bits per heavy atom. The van der Waals surface area contributed by atoms with E-state index in [9.17, 15) is 37.7 Å². The Balaban J connectivity index is 0.639. The molecule has 0 bridgehead atoms. The largest absolute Gasteiger partial charge is 0.493 e. The van der Waals surface area contributed by atoms with Crippen LogP contribution in [0.1, 0.15) is 75.9 Å². The number of nitro groups is 1. The monoisotopic (exact) mass is 1330 g/mol. The normalized spacial score (nSPS) is 19.0. The number of amides is 4. The van der Waals surface area contributed by atoms with Gasteiger partial charge in [0, 0.05) is 135 Å². The molecule has 22 nitrogen and oxygen atoms in total. The first-order chi connectivity index (χ1) is 46.7. The second-order valence-corrected chi connectivity index (χ2v) is 26.8. The number of carbonyl (C=O) groups excluding carboxylic acids is 4. The Morgan fingerprint density at radius 3 is 2.50 bits per heavy atom. The molecule has 5 aromatic carbocycles. The van der Waals surface area contributed by atoms with Gasteiger partial charge in [0.25, 0.3) is 27.5 Å². The molecule has 24 heteroatoms. The van der Waals surface area contributed by atoms with E-state index in [4.69, 9.17) is 30.5 Å². The quantitative estimate of drug-likeness (QED) is 0.0162. The van der Waals surface area contributed by atoms with Crippen LogP contribution in [-0.2, 0) is 42.2 Å². The number of ether oxygens (including phenoxy) is 4. The highest BCUT2D eigenvalue weighted by atomic mass is 35.5. The SMILES string of the molecule is O=C1CCC(N2Cc3c(C#CCOCCN4C=CC=CC=C4C4CC(COc5cccc(-c6ccc(Cl)cc6)c5CN5CCN(c6ccc(C(=O)NS(=O)(=O)c7ccc(NCC8CCOCC8)c([N+](=O)[O-])c7)c(Oc7cnc8[nH]ccc8c7)c6)CC5)C4)cccc3C2=O)C(=O)N1. The van der Waals surface area contributed by atoms with Gasteiger partial charge in [0.05, 0.1) is 34.8 Å². The number of fused-ring (bicyclic) bond motifs is 2. The molecule has 6 aliphatic rings. The molecule has 5 aliphatic heterocycles. The Kier molecular flexibility index (Phi) is 19.6. The Labute approximate surface area is 560 Å². The molecule has 3 saturated heterocycles. The van der Waals surface area contributed by atoms with Gasteiger partial charge in [-0.05, 0) is 145 Å². The Morgan fingerprint density at radius 1 is 0.875 bits per heavy atom. The van der Waals surface area contributed by atoms with Gasteiger partial charge in [-0.2, -0.15) is 0 Å². The lowest BCUT2D eigenvalue weighted by Crippen LogP contribution is -2.52. The molecule has 1 unspecified atom stereocenters. The zero-order valence-electron chi connectivity index (χ0n) is 52.5. The van der Waals surface area contributed by atoms with E-state index >= 15 is 0 Å². The third-order valence-corrected chi connectivity index (χ3v) is 20.1. The zero-order valence-corrected chi connectivity index (χ0v) is 54.1. The number of benzene rings is 5. The van der Waals surface area contributed by atoms with Crippen LogP contribution in [0, 0.1) is 39.7 Å². The van der Waals surface area contributed by atoms with Crippen LogP contribution in [0.15, 0.2) is 163 Å². The number of rotatable bonds is 22. The van der Waals surface area contributed by atoms with Crippen LogP contribution in [0.3, 0.4) is 0 Å². The minimum Gasteiger partial charge on any atom is -0.493 e. The Hall–Kier alpha value is -9.83. The summed E-state index contributed by atoms with van der Waals surface area (Å²) in [6.07, 6.45) is 17.6. The molecule has 7 aromatic rings. The zero-order chi connectivity index (χ0) is 66.3. The smallest absolute Gasteiger partial charge is 0.293 e. The molecule has 0 radical (unpaired) electrons. The molecule has 1 saturated carbocycles. The van der Waals surface area contributed by atoms with Crippen LogP contribution < -0.4 is 29.7 Å². The van der Waals surface area contributed by atoms with E-state index in [1.54, 1.807) is 36.5 Å². The highest BCUT2D eigenvalue weighted by Gasteiger charge is 2.40. The van der Waals surface area contributed by atoms with Crippen molar-refractivity contribution in [3.63, 3.8) is 0 Å². The second kappa shape index (κ2) is 29.0. The van der Waals surface area contributed by atoms with Crippen LogP contribution in [-0.4, -0.2) is 140 Å². The maximum atomic E-state index is 14.2. The van der Waals surface area contributed by atoms with Crippen molar-refractivity contribution in [2.24, 2.45) is 17.8 Å². The van der Waals surface area contributed by atoms with Crippen LogP contribution in [0.4, 0.5) is 17.1 Å². The predicted molar refractivity (Wildman–Crippen MR) is 362 cm³/mol. The van der Waals surface area contributed by atoms with Crippen molar-refractivity contribution in [2.45, 2.75) is 62.6 Å². The molecule has 4 fully saturated rings. The molecule has 1 aliphatic carbocycles. The number of halogens is 1. The van der Waals surface area contributed by atoms with Gasteiger partial charge in [-0.25, -0.2) is 18.1 Å². The molecule has 4 N–H and O–H groups in total. The number of piperidine rings is 1. The average molecular weight is 1340 g/mol. The number of sulfonamides is 1. The summed E-state index contributed by atoms with van der Waals surface area (Å²) < 4.78 is 54.7. The fraction of sp³-hybridized carbons (Fsp3) is 0.319. The fourth-order valence-corrected chi connectivity index (χ4v) is 14.3. The lowest BCUT2D eigenvalue weighted by atomic mass is 9.73. The van der Waals surface area contributed by atoms with E-state index in [1.807, 2.05) is 60.7 Å². The van der Waals surface area contributed by atoms with Crippen molar-refractivity contribution in [3.8, 4) is 40.2 Å². The van der Waals surface area contributed by atoms with Gasteiger partial charge in [-0.15, -0.1) is 0 Å². The molecule has 96 heavy (non-hydrogen) atoms. The highest BCUT2D eigenvalue weighted by molar-refractivity contribution is 7.90. The van der Waals surface area contributed by atoms with Crippen LogP contribution in [0.25, 0.3) is 22.2 Å². The molecule has 13 rings (SSSR count). The number of nitrogens with one attached hydrogen (secondary N) is 4. The number of nitro benzene ring substituents is 1. The van der Waals surface area contributed by atoms with Crippen molar-refractivity contribution in [2.75, 3.05) is 82.5 Å². The van der Waals surface area contributed by atoms with E-state index in [0.29, 0.717) is 118 Å². The first-order valence-electron chi connectivity index (χ1n) is 32.2. The van der Waals surface area contributed by atoms with E-state index in [-0.39, 0.29) is 54.3 Å². The molecular weight excluding hydrogens is 1260 g/mol. The number of anilines is 2. The summed E-state index contributed by atoms with van der Waals surface area (Å²) in [7, 11) is -4.63. The van der Waals surface area contributed by atoms with Gasteiger partial charge in [0.2, 0.25) is 11.8 Å². The summed E-state index contributed by atoms with van der Waals surface area (Å²) in [6.45, 7) is 6.84. The molecule has 2 aromatic heterocycles. The number of hydrogen-bond donors (Lipinski definition) is 4. The van der Waals surface area contributed by atoms with Gasteiger partial charge in [-0.1, -0.05) is 65.9 Å². The Bertz CT molecular complexity index is 4410. The third kappa shape index (κ3) is 14.8. The molecule has 0 spiro atoms. The van der Waals surface area contributed by atoms with Gasteiger partial charge in [-0.3, -0.25) is 39.5 Å². The summed E-state index contributed by atoms with van der Waals surface area (Å²) in [5.74, 6) is 6.38. The number of H-pyrrole nitrogens is 1. The van der Waals surface area contributed by atoms with E-state index < -0.39 is 43.4 Å². The maximum Gasteiger partial charge on any atom is 0.293 e. The van der Waals surface area contributed by atoms with Crippen LogP contribution in [0.2, 0.25) is 5.02 Å². The molecule has 4 amide bonds. The van der Waals surface area contributed by atoms with E-state index in [1.165, 1.54) is 35.0 Å². The predicted octanol–water partition coefficient (Wildman–Crippen LogP) is 10.4. The van der Waals surface area contributed by atoms with Crippen molar-refractivity contribution in [1.82, 2.24) is 34.7 Å². The van der Waals surface area contributed by atoms with E-state index in [2.05, 4.69) is 76.3 Å². The van der Waals surface area contributed by atoms with Crippen LogP contribution in [0.5, 0.6) is 17.2 Å². The number of piperazine rings is 1. The van der Waals surface area contributed by atoms with Crippen molar-refractivity contribution >= 4 is 73.3 Å². The minimum atomic E-state index is -4.63. The van der Waals surface area contributed by atoms with E-state index in [0.717, 1.165) is 70.8 Å². The van der Waals surface area contributed by atoms with Gasteiger partial charge < -0.3 is 43.9 Å². The lowest BCUT2D eigenvalue weighted by Gasteiger charge is -2.40. The first kappa shape index (κ1) is 64.9. The number of hydrogen-bond acceptors (Lipinski definition) is 17. The van der Waals surface area contributed by atoms with Gasteiger partial charge >= 0.3 is 0 Å². The number of nitrogens with zero attached hydrogens (tertiary/aromatic N) is 6. The molecule has 1 atom stereocenters.